The molecule has 0 saturated carbocycles. The number of imidazole rings is 1. The number of nitrogens with one attached hydrogen (secondary N) is 1. The number of ether oxygens (including phenoxy) is 1. The maximum atomic E-state index is 12.3. The van der Waals surface area contributed by atoms with Gasteiger partial charge in [0.2, 0.25) is 0 Å². The Morgan fingerprint density at radius 1 is 1.03 bits per heavy atom. The zero-order chi connectivity index (χ0) is 22.3. The van der Waals surface area contributed by atoms with E-state index < -0.39 is 0 Å². The summed E-state index contributed by atoms with van der Waals surface area (Å²) in [7, 11) is 0. The molecule has 0 aliphatic heterocycles. The van der Waals surface area contributed by atoms with Crippen LogP contribution in [-0.2, 0) is 13.0 Å². The third-order valence-electron chi connectivity index (χ3n) is 5.40. The van der Waals surface area contributed by atoms with Crippen molar-refractivity contribution in [1.29, 1.82) is 0 Å². The Bertz CT molecular complexity index is 1170. The summed E-state index contributed by atoms with van der Waals surface area (Å²) in [6.07, 6.45) is 2.24. The molecule has 0 bridgehead atoms. The first-order chi connectivity index (χ1) is 15.6. The van der Waals surface area contributed by atoms with E-state index in [9.17, 15) is 4.79 Å². The summed E-state index contributed by atoms with van der Waals surface area (Å²) in [6, 6.07) is 21.6. The number of nitrogens with zero attached hydrogens (tertiary/aromatic N) is 3. The second kappa shape index (κ2) is 10.1. The molecule has 0 aliphatic carbocycles. The normalized spacial score (nSPS) is 11.1. The maximum absolute atomic E-state index is 12.3. The standard InChI is InChI=1S/C26H28N4O2/c1-19(2)20-10-12-21(13-11-20)32-18-17-30-24-9-4-3-7-22(24)29-25(30)14-16-28-26(31)23-8-5-6-15-27-23/h3-13,15,19H,14,16-18H2,1-2H3,(H,28,31). The minimum absolute atomic E-state index is 0.179. The number of carbonyl (C=O) groups is 1. The predicted octanol–water partition coefficient (Wildman–Crippen LogP) is 4.61. The van der Waals surface area contributed by atoms with Crippen molar-refractivity contribution in [2.24, 2.45) is 0 Å². The molecular formula is C26H28N4O2. The molecule has 32 heavy (non-hydrogen) atoms. The summed E-state index contributed by atoms with van der Waals surface area (Å²) in [5.41, 5.74) is 3.73. The molecule has 4 aromatic rings. The molecule has 2 aromatic heterocycles. The molecule has 0 unspecified atom stereocenters. The SMILES string of the molecule is CC(C)c1ccc(OCCn2c(CCNC(=O)c3ccccn3)nc3ccccc32)cc1. The Morgan fingerprint density at radius 2 is 1.81 bits per heavy atom. The quantitative estimate of drug-likeness (QED) is 0.423. The van der Waals surface area contributed by atoms with E-state index in [0.29, 0.717) is 37.7 Å². The first-order valence-corrected chi connectivity index (χ1v) is 11.0. The average molecular weight is 429 g/mol. The van der Waals surface area contributed by atoms with Gasteiger partial charge in [-0.2, -0.15) is 0 Å². The van der Waals surface area contributed by atoms with Crippen LogP contribution in [0, 0.1) is 0 Å². The molecular weight excluding hydrogens is 400 g/mol. The van der Waals surface area contributed by atoms with E-state index >= 15 is 0 Å². The number of hydrogen-bond donors (Lipinski definition) is 1. The molecule has 2 aromatic carbocycles. The van der Waals surface area contributed by atoms with Gasteiger partial charge in [0, 0.05) is 19.2 Å². The van der Waals surface area contributed by atoms with Gasteiger partial charge >= 0.3 is 0 Å². The molecule has 1 amide bonds. The summed E-state index contributed by atoms with van der Waals surface area (Å²) >= 11 is 0. The molecule has 6 nitrogen and oxygen atoms in total. The molecule has 0 fully saturated rings. The number of hydrogen-bond acceptors (Lipinski definition) is 4. The number of amides is 1. The Labute approximate surface area is 188 Å². The van der Waals surface area contributed by atoms with E-state index in [2.05, 4.69) is 46.9 Å². The van der Waals surface area contributed by atoms with Crippen LogP contribution in [-0.4, -0.2) is 33.6 Å². The van der Waals surface area contributed by atoms with Gasteiger partial charge in [0.25, 0.3) is 5.91 Å². The number of fused-ring (bicyclic) bond motifs is 1. The third-order valence-corrected chi connectivity index (χ3v) is 5.40. The fourth-order valence-electron chi connectivity index (χ4n) is 3.64. The smallest absolute Gasteiger partial charge is 0.269 e. The molecule has 6 heteroatoms. The predicted molar refractivity (Wildman–Crippen MR) is 126 cm³/mol. The van der Waals surface area contributed by atoms with Gasteiger partial charge in [-0.1, -0.05) is 44.2 Å². The number of benzene rings is 2. The summed E-state index contributed by atoms with van der Waals surface area (Å²) in [6.45, 7) is 6.06. The molecule has 2 heterocycles. The van der Waals surface area contributed by atoms with E-state index in [0.717, 1.165) is 22.6 Å². The highest BCUT2D eigenvalue weighted by Crippen LogP contribution is 2.20. The number of pyridine rings is 1. The van der Waals surface area contributed by atoms with Crippen molar-refractivity contribution in [2.45, 2.75) is 32.7 Å². The number of rotatable bonds is 9. The zero-order valence-electron chi connectivity index (χ0n) is 18.5. The van der Waals surface area contributed by atoms with Crippen molar-refractivity contribution in [3.05, 3.63) is 90.0 Å². The highest BCUT2D eigenvalue weighted by Gasteiger charge is 2.12. The second-order valence-corrected chi connectivity index (χ2v) is 7.96. The first-order valence-electron chi connectivity index (χ1n) is 11.0. The molecule has 0 aliphatic rings. The Hall–Kier alpha value is -3.67. The van der Waals surface area contributed by atoms with E-state index in [1.165, 1.54) is 5.56 Å². The van der Waals surface area contributed by atoms with Gasteiger partial charge in [-0.15, -0.1) is 0 Å². The minimum atomic E-state index is -0.179. The van der Waals surface area contributed by atoms with Gasteiger partial charge in [-0.25, -0.2) is 4.98 Å². The van der Waals surface area contributed by atoms with Gasteiger partial charge in [-0.3, -0.25) is 9.78 Å². The summed E-state index contributed by atoms with van der Waals surface area (Å²) in [5.74, 6) is 2.11. The molecule has 1 N–H and O–H groups in total. The highest BCUT2D eigenvalue weighted by atomic mass is 16.5. The summed E-state index contributed by atoms with van der Waals surface area (Å²) in [4.78, 5) is 21.1. The summed E-state index contributed by atoms with van der Waals surface area (Å²) in [5, 5.41) is 2.93. The fourth-order valence-corrected chi connectivity index (χ4v) is 3.64. The molecule has 0 atom stereocenters. The highest BCUT2D eigenvalue weighted by molar-refractivity contribution is 5.92. The lowest BCUT2D eigenvalue weighted by molar-refractivity contribution is 0.0949. The molecule has 4 rings (SSSR count). The number of carbonyl (C=O) groups excluding carboxylic acids is 1. The van der Waals surface area contributed by atoms with E-state index in [1.807, 2.05) is 30.3 Å². The average Bonchev–Trinajstić information content (AvgIpc) is 3.17. The monoisotopic (exact) mass is 428 g/mol. The van der Waals surface area contributed by atoms with Crippen molar-refractivity contribution in [1.82, 2.24) is 19.9 Å². The van der Waals surface area contributed by atoms with E-state index in [-0.39, 0.29) is 5.91 Å². The van der Waals surface area contributed by atoms with Crippen molar-refractivity contribution in [3.63, 3.8) is 0 Å². The maximum Gasteiger partial charge on any atom is 0.269 e. The van der Waals surface area contributed by atoms with Crippen LogP contribution in [0.15, 0.2) is 72.9 Å². The van der Waals surface area contributed by atoms with E-state index in [1.54, 1.807) is 24.4 Å². The lowest BCUT2D eigenvalue weighted by Gasteiger charge is -2.12. The lowest BCUT2D eigenvalue weighted by Crippen LogP contribution is -2.27. The van der Waals surface area contributed by atoms with Crippen LogP contribution < -0.4 is 10.1 Å². The van der Waals surface area contributed by atoms with Gasteiger partial charge in [-0.05, 0) is 47.9 Å². The van der Waals surface area contributed by atoms with Crippen LogP contribution in [0.3, 0.4) is 0 Å². The van der Waals surface area contributed by atoms with Crippen LogP contribution in [0.1, 0.15) is 41.6 Å². The van der Waals surface area contributed by atoms with Crippen molar-refractivity contribution in [2.75, 3.05) is 13.2 Å². The second-order valence-electron chi connectivity index (χ2n) is 7.96. The van der Waals surface area contributed by atoms with E-state index in [4.69, 9.17) is 9.72 Å². The zero-order valence-corrected chi connectivity index (χ0v) is 18.5. The van der Waals surface area contributed by atoms with Gasteiger partial charge in [0.05, 0.1) is 17.6 Å². The van der Waals surface area contributed by atoms with Gasteiger partial charge < -0.3 is 14.6 Å². The Balaban J connectivity index is 1.40. The summed E-state index contributed by atoms with van der Waals surface area (Å²) < 4.78 is 8.16. The Kier molecular flexibility index (Phi) is 6.80. The molecule has 164 valence electrons. The molecule has 0 saturated heterocycles. The van der Waals surface area contributed by atoms with Gasteiger partial charge in [0.1, 0.15) is 23.9 Å². The van der Waals surface area contributed by atoms with Crippen LogP contribution in [0.4, 0.5) is 0 Å². The number of para-hydroxylation sites is 2. The Morgan fingerprint density at radius 3 is 2.56 bits per heavy atom. The van der Waals surface area contributed by atoms with Crippen LogP contribution in [0.2, 0.25) is 0 Å². The van der Waals surface area contributed by atoms with Crippen molar-refractivity contribution >= 4 is 16.9 Å². The van der Waals surface area contributed by atoms with Crippen LogP contribution in [0.5, 0.6) is 5.75 Å². The van der Waals surface area contributed by atoms with Gasteiger partial charge in [0.15, 0.2) is 0 Å². The third kappa shape index (κ3) is 5.14. The van der Waals surface area contributed by atoms with Crippen molar-refractivity contribution < 1.29 is 9.53 Å². The fraction of sp³-hybridized carbons (Fsp3) is 0.269. The van der Waals surface area contributed by atoms with Crippen LogP contribution in [0.25, 0.3) is 11.0 Å². The largest absolute Gasteiger partial charge is 0.492 e. The molecule has 0 spiro atoms. The molecule has 0 radical (unpaired) electrons. The van der Waals surface area contributed by atoms with Crippen molar-refractivity contribution in [3.8, 4) is 5.75 Å². The number of aromatic nitrogens is 3. The van der Waals surface area contributed by atoms with Crippen LogP contribution >= 0.6 is 0 Å². The minimum Gasteiger partial charge on any atom is -0.492 e. The lowest BCUT2D eigenvalue weighted by atomic mass is 10.0. The first kappa shape index (κ1) is 21.6. The topological polar surface area (TPSA) is 69.0 Å².